The van der Waals surface area contributed by atoms with E-state index in [9.17, 15) is 4.79 Å². The highest BCUT2D eigenvalue weighted by Gasteiger charge is 2.27. The zero-order valence-corrected chi connectivity index (χ0v) is 17.5. The molecule has 0 spiro atoms. The lowest BCUT2D eigenvalue weighted by atomic mass is 10.1. The van der Waals surface area contributed by atoms with Crippen molar-refractivity contribution in [3.05, 3.63) is 28.8 Å². The summed E-state index contributed by atoms with van der Waals surface area (Å²) in [4.78, 5) is 17.0. The fourth-order valence-corrected chi connectivity index (χ4v) is 5.04. The van der Waals surface area contributed by atoms with Crippen LogP contribution < -0.4 is 9.47 Å². The number of hydrogen-bond donors (Lipinski definition) is 0. The summed E-state index contributed by atoms with van der Waals surface area (Å²) >= 11 is 8.33. The van der Waals surface area contributed by atoms with Gasteiger partial charge in [-0.2, -0.15) is 11.8 Å². The summed E-state index contributed by atoms with van der Waals surface area (Å²) in [6.45, 7) is 5.92. The van der Waals surface area contributed by atoms with Gasteiger partial charge < -0.3 is 14.4 Å². The van der Waals surface area contributed by atoms with Crippen molar-refractivity contribution in [2.45, 2.75) is 19.4 Å². The third-order valence-corrected chi connectivity index (χ3v) is 6.43. The number of nitrogens with zero attached hydrogens (tertiary/aromatic N) is 2. The Labute approximate surface area is 170 Å². The first kappa shape index (κ1) is 20.4. The van der Waals surface area contributed by atoms with Crippen LogP contribution in [0.4, 0.5) is 0 Å². The summed E-state index contributed by atoms with van der Waals surface area (Å²) < 4.78 is 10.9. The van der Waals surface area contributed by atoms with E-state index in [2.05, 4.69) is 4.90 Å². The lowest BCUT2D eigenvalue weighted by Gasteiger charge is -2.37. The molecule has 148 valence electrons. The van der Waals surface area contributed by atoms with E-state index in [-0.39, 0.29) is 5.91 Å². The molecule has 0 N–H and O–H groups in total. The second-order valence-electron chi connectivity index (χ2n) is 6.68. The van der Waals surface area contributed by atoms with Gasteiger partial charge in [-0.15, -0.1) is 0 Å². The van der Waals surface area contributed by atoms with Gasteiger partial charge in [0.05, 0.1) is 18.7 Å². The molecule has 3 rings (SSSR count). The number of benzene rings is 1. The zero-order chi connectivity index (χ0) is 19.2. The van der Waals surface area contributed by atoms with Gasteiger partial charge in [-0.1, -0.05) is 11.6 Å². The molecule has 2 aliphatic heterocycles. The van der Waals surface area contributed by atoms with Crippen LogP contribution >= 0.6 is 23.4 Å². The van der Waals surface area contributed by atoms with Crippen molar-refractivity contribution in [1.29, 1.82) is 0 Å². The largest absolute Gasteiger partial charge is 0.493 e. The number of halogens is 1. The highest BCUT2D eigenvalue weighted by atomic mass is 35.5. The van der Waals surface area contributed by atoms with Crippen LogP contribution in [0.25, 0.3) is 6.08 Å². The van der Waals surface area contributed by atoms with E-state index in [1.165, 1.54) is 17.9 Å². The molecule has 2 fully saturated rings. The van der Waals surface area contributed by atoms with Gasteiger partial charge in [0, 0.05) is 44.0 Å². The Bertz CT molecular complexity index is 684. The van der Waals surface area contributed by atoms with Crippen molar-refractivity contribution in [3.63, 3.8) is 0 Å². The second-order valence-corrected chi connectivity index (χ2v) is 8.24. The summed E-state index contributed by atoms with van der Waals surface area (Å²) in [5.74, 6) is 3.64. The molecule has 1 atom stereocenters. The average molecular weight is 411 g/mol. The lowest BCUT2D eigenvalue weighted by Crippen LogP contribution is -2.51. The Balaban J connectivity index is 1.59. The molecule has 2 saturated heterocycles. The molecule has 0 aromatic heterocycles. The number of ether oxygens (including phenoxy) is 2. The molecule has 1 aromatic rings. The van der Waals surface area contributed by atoms with Crippen LogP contribution in [-0.2, 0) is 4.79 Å². The predicted molar refractivity (Wildman–Crippen MR) is 112 cm³/mol. The molecule has 0 aliphatic carbocycles. The van der Waals surface area contributed by atoms with Crippen molar-refractivity contribution in [2.75, 3.05) is 51.4 Å². The molecule has 0 bridgehead atoms. The van der Waals surface area contributed by atoms with Crippen LogP contribution in [0.3, 0.4) is 0 Å². The van der Waals surface area contributed by atoms with Gasteiger partial charge in [-0.3, -0.25) is 9.69 Å². The molecule has 7 heteroatoms. The summed E-state index contributed by atoms with van der Waals surface area (Å²) in [6.07, 6.45) is 4.68. The van der Waals surface area contributed by atoms with Gasteiger partial charge in [-0.05, 0) is 42.9 Å². The van der Waals surface area contributed by atoms with E-state index in [0.29, 0.717) is 29.2 Å². The molecule has 1 unspecified atom stereocenters. The smallest absolute Gasteiger partial charge is 0.246 e. The molecule has 0 saturated carbocycles. The molecule has 1 aromatic carbocycles. The fraction of sp³-hybridized carbons (Fsp3) is 0.550. The van der Waals surface area contributed by atoms with Crippen LogP contribution in [-0.4, -0.2) is 73.2 Å². The molecule has 27 heavy (non-hydrogen) atoms. The minimum Gasteiger partial charge on any atom is -0.493 e. The molecule has 0 radical (unpaired) electrons. The first-order valence-corrected chi connectivity index (χ1v) is 10.9. The van der Waals surface area contributed by atoms with Crippen molar-refractivity contribution >= 4 is 35.3 Å². The van der Waals surface area contributed by atoms with Gasteiger partial charge in [0.2, 0.25) is 5.91 Å². The number of rotatable bonds is 6. The number of carbonyl (C=O) groups excluding carboxylic acids is 1. The maximum Gasteiger partial charge on any atom is 0.246 e. The van der Waals surface area contributed by atoms with Gasteiger partial charge >= 0.3 is 0 Å². The van der Waals surface area contributed by atoms with Crippen LogP contribution in [0.1, 0.15) is 18.9 Å². The third kappa shape index (κ3) is 5.12. The summed E-state index contributed by atoms with van der Waals surface area (Å²) in [5, 5.41) is 0.478. The lowest BCUT2D eigenvalue weighted by molar-refractivity contribution is -0.127. The van der Waals surface area contributed by atoms with E-state index < -0.39 is 0 Å². The first-order chi connectivity index (χ1) is 13.1. The Hall–Kier alpha value is -1.37. The zero-order valence-electron chi connectivity index (χ0n) is 15.9. The number of carbonyl (C=O) groups is 1. The maximum absolute atomic E-state index is 12.5. The van der Waals surface area contributed by atoms with E-state index in [4.69, 9.17) is 21.1 Å². The number of methoxy groups -OCH3 is 1. The van der Waals surface area contributed by atoms with Gasteiger partial charge in [0.15, 0.2) is 11.5 Å². The third-order valence-electron chi connectivity index (χ3n) is 5.01. The summed E-state index contributed by atoms with van der Waals surface area (Å²) in [5.41, 5.74) is 0.815. The normalized spacial score (nSPS) is 21.0. The van der Waals surface area contributed by atoms with Gasteiger partial charge in [0.1, 0.15) is 0 Å². The molecular weight excluding hydrogens is 384 g/mol. The highest BCUT2D eigenvalue weighted by Crippen LogP contribution is 2.36. The number of hydrogen-bond acceptors (Lipinski definition) is 5. The van der Waals surface area contributed by atoms with E-state index in [0.717, 1.165) is 31.7 Å². The summed E-state index contributed by atoms with van der Waals surface area (Å²) in [6, 6.07) is 4.31. The monoisotopic (exact) mass is 410 g/mol. The molecular formula is C20H27ClN2O3S. The van der Waals surface area contributed by atoms with Crippen molar-refractivity contribution in [2.24, 2.45) is 0 Å². The van der Waals surface area contributed by atoms with Crippen LogP contribution in [0, 0.1) is 0 Å². The number of amides is 1. The van der Waals surface area contributed by atoms with E-state index in [1.54, 1.807) is 25.3 Å². The van der Waals surface area contributed by atoms with Crippen molar-refractivity contribution in [3.8, 4) is 11.5 Å². The first-order valence-electron chi connectivity index (χ1n) is 9.41. The SMILES string of the molecule is CCOc1c(Cl)cc(/C=C/C(=O)N2CCN(C3CCSC3)CC2)cc1OC. The molecule has 2 aliphatic rings. The average Bonchev–Trinajstić information content (AvgIpc) is 3.23. The second kappa shape index (κ2) is 9.71. The maximum atomic E-state index is 12.5. The topological polar surface area (TPSA) is 42.0 Å². The standard InChI is InChI=1S/C20H27ClN2O3S/c1-3-26-20-17(21)12-15(13-18(20)25-2)4-5-19(24)23-9-7-22(8-10-23)16-6-11-27-14-16/h4-5,12-13,16H,3,6-11,14H2,1-2H3/b5-4+. The Kier molecular flexibility index (Phi) is 7.33. The molecule has 2 heterocycles. The minimum absolute atomic E-state index is 0.0411. The summed E-state index contributed by atoms with van der Waals surface area (Å²) in [7, 11) is 1.58. The Morgan fingerprint density at radius 3 is 2.74 bits per heavy atom. The van der Waals surface area contributed by atoms with E-state index >= 15 is 0 Å². The number of thioether (sulfide) groups is 1. The quantitative estimate of drug-likeness (QED) is 0.672. The van der Waals surface area contributed by atoms with Crippen LogP contribution in [0.2, 0.25) is 5.02 Å². The Morgan fingerprint density at radius 2 is 2.11 bits per heavy atom. The van der Waals surface area contributed by atoms with Crippen molar-refractivity contribution < 1.29 is 14.3 Å². The minimum atomic E-state index is 0.0411. The fourth-order valence-electron chi connectivity index (χ4n) is 3.51. The molecule has 5 nitrogen and oxygen atoms in total. The predicted octanol–water partition coefficient (Wildman–Crippen LogP) is 3.41. The van der Waals surface area contributed by atoms with Crippen LogP contribution in [0.5, 0.6) is 11.5 Å². The highest BCUT2D eigenvalue weighted by molar-refractivity contribution is 7.99. The van der Waals surface area contributed by atoms with Crippen LogP contribution in [0.15, 0.2) is 18.2 Å². The van der Waals surface area contributed by atoms with Crippen molar-refractivity contribution in [1.82, 2.24) is 9.80 Å². The van der Waals surface area contributed by atoms with Gasteiger partial charge in [0.25, 0.3) is 0 Å². The Morgan fingerprint density at radius 1 is 1.33 bits per heavy atom. The van der Waals surface area contributed by atoms with Gasteiger partial charge in [-0.25, -0.2) is 0 Å². The molecule has 1 amide bonds. The van der Waals surface area contributed by atoms with E-state index in [1.807, 2.05) is 29.7 Å². The number of piperazine rings is 1.